The molecule has 0 aliphatic rings. The van der Waals surface area contributed by atoms with E-state index in [1.807, 2.05) is 0 Å². The van der Waals surface area contributed by atoms with Gasteiger partial charge >= 0.3 is 6.11 Å². The molecule has 0 heterocycles. The zero-order valence-corrected chi connectivity index (χ0v) is 5.24. The zero-order valence-electron chi connectivity index (χ0n) is 5.24. The second-order valence-electron chi connectivity index (χ2n) is 1.92. The molecule has 0 atom stereocenters. The molecule has 0 radical (unpaired) electrons. The lowest BCUT2D eigenvalue weighted by molar-refractivity contribution is -0.249. The van der Waals surface area contributed by atoms with Crippen molar-refractivity contribution in [1.29, 1.82) is 0 Å². The summed E-state index contributed by atoms with van der Waals surface area (Å²) in [4.78, 5) is 0. The first-order chi connectivity index (χ1) is 3.50. The van der Waals surface area contributed by atoms with Gasteiger partial charge in [0.25, 0.3) is 0 Å². The minimum atomic E-state index is -2.96. The summed E-state index contributed by atoms with van der Waals surface area (Å²) in [6.07, 6.45) is -2.96. The summed E-state index contributed by atoms with van der Waals surface area (Å²) < 4.78 is 28.0. The maximum Gasteiger partial charge on any atom is 0.357 e. The number of hydrogen-bond donors (Lipinski definition) is 0. The molecule has 0 unspecified atom stereocenters. The first-order valence-corrected chi connectivity index (χ1v) is 2.43. The van der Waals surface area contributed by atoms with Crippen LogP contribution in [0, 0.1) is 5.92 Å². The highest BCUT2D eigenvalue weighted by atomic mass is 19.3. The normalized spacial score (nSPS) is 12.8. The van der Waals surface area contributed by atoms with Gasteiger partial charge in [-0.2, -0.15) is 8.78 Å². The Hall–Kier alpha value is -0.180. The van der Waals surface area contributed by atoms with E-state index < -0.39 is 12.0 Å². The quantitative estimate of drug-likeness (QED) is 0.546. The average Bonchev–Trinajstić information content (AvgIpc) is 1.67. The lowest BCUT2D eigenvalue weighted by Crippen LogP contribution is -2.25. The van der Waals surface area contributed by atoms with E-state index in [9.17, 15) is 8.78 Å². The molecule has 50 valence electrons. The molecule has 0 fully saturated rings. The molecule has 0 aliphatic carbocycles. The molecule has 0 bridgehead atoms. The molecule has 0 saturated heterocycles. The van der Waals surface area contributed by atoms with Gasteiger partial charge in [-0.05, 0) is 0 Å². The molecule has 0 aromatic rings. The van der Waals surface area contributed by atoms with Gasteiger partial charge in [0.2, 0.25) is 0 Å². The number of ether oxygens (including phenoxy) is 1. The van der Waals surface area contributed by atoms with Crippen LogP contribution in [0.15, 0.2) is 0 Å². The van der Waals surface area contributed by atoms with Gasteiger partial charge in [-0.25, -0.2) is 0 Å². The van der Waals surface area contributed by atoms with E-state index in [1.165, 1.54) is 13.8 Å². The van der Waals surface area contributed by atoms with Crippen LogP contribution in [0.4, 0.5) is 8.78 Å². The highest BCUT2D eigenvalue weighted by molar-refractivity contribution is 4.55. The van der Waals surface area contributed by atoms with Crippen molar-refractivity contribution in [1.82, 2.24) is 0 Å². The van der Waals surface area contributed by atoms with E-state index in [1.54, 1.807) is 0 Å². The van der Waals surface area contributed by atoms with Gasteiger partial charge in [0.1, 0.15) is 0 Å². The lowest BCUT2D eigenvalue weighted by Gasteiger charge is -2.16. The van der Waals surface area contributed by atoms with Gasteiger partial charge in [-0.1, -0.05) is 13.8 Å². The highest BCUT2D eigenvalue weighted by Gasteiger charge is 2.32. The molecule has 3 heteroatoms. The van der Waals surface area contributed by atoms with E-state index in [-0.39, 0.29) is 0 Å². The second kappa shape index (κ2) is 2.40. The van der Waals surface area contributed by atoms with Crippen molar-refractivity contribution in [3.8, 4) is 0 Å². The summed E-state index contributed by atoms with van der Waals surface area (Å²) >= 11 is 0. The minimum Gasteiger partial charge on any atom is -0.324 e. The molecule has 0 spiro atoms. The number of alkyl halides is 2. The fourth-order valence-electron chi connectivity index (χ4n) is 0.236. The van der Waals surface area contributed by atoms with Crippen molar-refractivity contribution in [2.24, 2.45) is 5.92 Å². The smallest absolute Gasteiger partial charge is 0.324 e. The zero-order chi connectivity index (χ0) is 6.78. The molecule has 0 N–H and O–H groups in total. The maximum atomic E-state index is 12.1. The summed E-state index contributed by atoms with van der Waals surface area (Å²) in [5.74, 6) is -0.743. The van der Waals surface area contributed by atoms with Crippen LogP contribution in [-0.4, -0.2) is 13.2 Å². The third kappa shape index (κ3) is 1.74. The Morgan fingerprint density at radius 2 is 1.75 bits per heavy atom. The van der Waals surface area contributed by atoms with Crippen LogP contribution in [0.3, 0.4) is 0 Å². The summed E-state index contributed by atoms with van der Waals surface area (Å²) in [6, 6.07) is 0. The van der Waals surface area contributed by atoms with Gasteiger partial charge in [0.15, 0.2) is 0 Å². The SMILES string of the molecule is COC(F)(F)C(C)C. The summed E-state index contributed by atoms with van der Waals surface area (Å²) in [5.41, 5.74) is 0. The molecule has 0 rings (SSSR count). The predicted molar refractivity (Wildman–Crippen MR) is 26.8 cm³/mol. The Labute approximate surface area is 47.6 Å². The van der Waals surface area contributed by atoms with Crippen LogP contribution < -0.4 is 0 Å². The Balaban J connectivity index is 3.71. The lowest BCUT2D eigenvalue weighted by atomic mass is 10.2. The molecule has 0 aliphatic heterocycles. The van der Waals surface area contributed by atoms with Crippen molar-refractivity contribution in [3.05, 3.63) is 0 Å². The van der Waals surface area contributed by atoms with Crippen molar-refractivity contribution in [3.63, 3.8) is 0 Å². The van der Waals surface area contributed by atoms with Crippen molar-refractivity contribution in [2.75, 3.05) is 7.11 Å². The number of methoxy groups -OCH3 is 1. The number of halogens is 2. The van der Waals surface area contributed by atoms with Crippen LogP contribution in [0.2, 0.25) is 0 Å². The molecular weight excluding hydrogens is 114 g/mol. The van der Waals surface area contributed by atoms with E-state index in [0.717, 1.165) is 7.11 Å². The largest absolute Gasteiger partial charge is 0.357 e. The fraction of sp³-hybridized carbons (Fsp3) is 1.00. The van der Waals surface area contributed by atoms with Crippen LogP contribution >= 0.6 is 0 Å². The van der Waals surface area contributed by atoms with Crippen LogP contribution in [-0.2, 0) is 4.74 Å². The van der Waals surface area contributed by atoms with E-state index in [0.29, 0.717) is 0 Å². The Morgan fingerprint density at radius 3 is 1.75 bits per heavy atom. The molecule has 0 aromatic heterocycles. The maximum absolute atomic E-state index is 12.1. The first-order valence-electron chi connectivity index (χ1n) is 2.43. The van der Waals surface area contributed by atoms with Crippen LogP contribution in [0.5, 0.6) is 0 Å². The summed E-state index contributed by atoms with van der Waals surface area (Å²) in [5, 5.41) is 0. The second-order valence-corrected chi connectivity index (χ2v) is 1.92. The minimum absolute atomic E-state index is 0.743. The molecule has 0 aromatic carbocycles. The predicted octanol–water partition coefficient (Wildman–Crippen LogP) is 1.88. The van der Waals surface area contributed by atoms with Crippen LogP contribution in [0.1, 0.15) is 13.8 Å². The van der Waals surface area contributed by atoms with Gasteiger partial charge in [-0.3, -0.25) is 0 Å². The Morgan fingerprint density at radius 1 is 1.38 bits per heavy atom. The fourth-order valence-corrected chi connectivity index (χ4v) is 0.236. The molecule has 0 saturated carbocycles. The number of hydrogen-bond acceptors (Lipinski definition) is 1. The standard InChI is InChI=1S/C5H10F2O/c1-4(2)5(6,7)8-3/h4H,1-3H3. The third-order valence-corrected chi connectivity index (χ3v) is 0.944. The van der Waals surface area contributed by atoms with Crippen LogP contribution in [0.25, 0.3) is 0 Å². The summed E-state index contributed by atoms with van der Waals surface area (Å²) in [7, 11) is 1.00. The van der Waals surface area contributed by atoms with Crippen molar-refractivity contribution >= 4 is 0 Å². The molecule has 1 nitrogen and oxygen atoms in total. The first kappa shape index (κ1) is 7.82. The number of rotatable bonds is 2. The van der Waals surface area contributed by atoms with Crippen molar-refractivity contribution < 1.29 is 13.5 Å². The highest BCUT2D eigenvalue weighted by Crippen LogP contribution is 2.23. The Bertz CT molecular complexity index is 70.8. The van der Waals surface area contributed by atoms with E-state index >= 15 is 0 Å². The monoisotopic (exact) mass is 124 g/mol. The third-order valence-electron chi connectivity index (χ3n) is 0.944. The topological polar surface area (TPSA) is 9.23 Å². The van der Waals surface area contributed by atoms with E-state index in [2.05, 4.69) is 4.74 Å². The molecular formula is C5H10F2O. The van der Waals surface area contributed by atoms with Gasteiger partial charge in [0.05, 0.1) is 0 Å². The molecule has 0 amide bonds. The molecule has 8 heavy (non-hydrogen) atoms. The van der Waals surface area contributed by atoms with E-state index in [4.69, 9.17) is 0 Å². The average molecular weight is 124 g/mol. The van der Waals surface area contributed by atoms with Gasteiger partial charge < -0.3 is 4.74 Å². The van der Waals surface area contributed by atoms with Gasteiger partial charge in [-0.15, -0.1) is 0 Å². The summed E-state index contributed by atoms with van der Waals surface area (Å²) in [6.45, 7) is 2.81. The van der Waals surface area contributed by atoms with Gasteiger partial charge in [0, 0.05) is 13.0 Å². The van der Waals surface area contributed by atoms with Crippen molar-refractivity contribution in [2.45, 2.75) is 20.0 Å². The Kier molecular flexibility index (Phi) is 2.34.